The van der Waals surface area contributed by atoms with Crippen LogP contribution in [0.1, 0.15) is 38.9 Å². The van der Waals surface area contributed by atoms with Gasteiger partial charge in [0.25, 0.3) is 0 Å². The zero-order valence-corrected chi connectivity index (χ0v) is 9.77. The summed E-state index contributed by atoms with van der Waals surface area (Å²) in [6, 6.07) is 0. The molecule has 0 amide bonds. The van der Waals surface area contributed by atoms with Gasteiger partial charge in [-0.2, -0.15) is 0 Å². The summed E-state index contributed by atoms with van der Waals surface area (Å²) in [5, 5.41) is 7.98. The number of esters is 1. The topological polar surface area (TPSA) is 57.0 Å². The Morgan fingerprint density at radius 1 is 1.56 bits per heavy atom. The van der Waals surface area contributed by atoms with Crippen molar-refractivity contribution in [1.29, 1.82) is 0 Å². The molecule has 0 spiro atoms. The van der Waals surface area contributed by atoms with E-state index in [0.29, 0.717) is 6.61 Å². The van der Waals surface area contributed by atoms with Gasteiger partial charge in [-0.3, -0.25) is 4.79 Å². The molecule has 0 unspecified atom stereocenters. The zero-order valence-electron chi connectivity index (χ0n) is 9.77. The van der Waals surface area contributed by atoms with E-state index in [0.717, 1.165) is 31.6 Å². The van der Waals surface area contributed by atoms with Gasteiger partial charge in [0.05, 0.1) is 6.61 Å². The molecule has 16 heavy (non-hydrogen) atoms. The third kappa shape index (κ3) is 1.70. The number of carbonyl (C=O) groups excluding carboxylic acids is 1. The number of aryl methyl sites for hydroxylation is 1. The van der Waals surface area contributed by atoms with E-state index < -0.39 is 5.41 Å². The fourth-order valence-corrected chi connectivity index (χ4v) is 1.94. The van der Waals surface area contributed by atoms with Gasteiger partial charge < -0.3 is 9.30 Å². The van der Waals surface area contributed by atoms with Gasteiger partial charge in [0.15, 0.2) is 0 Å². The van der Waals surface area contributed by atoms with Crippen LogP contribution in [-0.2, 0) is 21.5 Å². The molecule has 0 bridgehead atoms. The summed E-state index contributed by atoms with van der Waals surface area (Å²) in [5.41, 5.74) is -0.498. The third-order valence-corrected chi connectivity index (χ3v) is 2.92. The number of nitrogens with zero attached hydrogens (tertiary/aromatic N) is 3. The van der Waals surface area contributed by atoms with Crippen LogP contribution in [0, 0.1) is 0 Å². The standard InChI is InChI=1S/C11H17N3O2/c1-3-7-14-8-12-13-9(14)11(5-6-11)10(15)16-4-2/h8H,3-7H2,1-2H3. The van der Waals surface area contributed by atoms with Crippen molar-refractivity contribution in [3.8, 4) is 0 Å². The van der Waals surface area contributed by atoms with Gasteiger partial charge in [-0.05, 0) is 26.2 Å². The maximum Gasteiger partial charge on any atom is 0.319 e. The van der Waals surface area contributed by atoms with Crippen LogP contribution in [0.5, 0.6) is 0 Å². The minimum Gasteiger partial charge on any atom is -0.465 e. The maximum atomic E-state index is 11.9. The molecular weight excluding hydrogens is 206 g/mol. The van der Waals surface area contributed by atoms with E-state index in [4.69, 9.17) is 4.74 Å². The molecular formula is C11H17N3O2. The Morgan fingerprint density at radius 2 is 2.31 bits per heavy atom. The van der Waals surface area contributed by atoms with Crippen LogP contribution in [0.2, 0.25) is 0 Å². The Labute approximate surface area is 94.8 Å². The van der Waals surface area contributed by atoms with E-state index in [2.05, 4.69) is 17.1 Å². The maximum absolute atomic E-state index is 11.9. The Hall–Kier alpha value is -1.39. The van der Waals surface area contributed by atoms with E-state index in [1.165, 1.54) is 0 Å². The molecule has 0 aliphatic heterocycles. The molecule has 1 heterocycles. The predicted molar refractivity (Wildman–Crippen MR) is 57.9 cm³/mol. The average molecular weight is 223 g/mol. The Kier molecular flexibility index (Phi) is 2.94. The highest BCUT2D eigenvalue weighted by Gasteiger charge is 2.56. The van der Waals surface area contributed by atoms with Crippen LogP contribution in [0.15, 0.2) is 6.33 Å². The second-order valence-electron chi connectivity index (χ2n) is 4.15. The first-order chi connectivity index (χ1) is 7.74. The monoisotopic (exact) mass is 223 g/mol. The molecule has 5 nitrogen and oxygen atoms in total. The lowest BCUT2D eigenvalue weighted by Crippen LogP contribution is -2.27. The smallest absolute Gasteiger partial charge is 0.319 e. The van der Waals surface area contributed by atoms with Crippen LogP contribution < -0.4 is 0 Å². The SMILES string of the molecule is CCCn1cnnc1C1(C(=O)OCC)CC1. The normalized spacial score (nSPS) is 17.1. The largest absolute Gasteiger partial charge is 0.465 e. The van der Waals surface area contributed by atoms with Gasteiger partial charge in [-0.25, -0.2) is 0 Å². The summed E-state index contributed by atoms with van der Waals surface area (Å²) in [5.74, 6) is 0.619. The van der Waals surface area contributed by atoms with Gasteiger partial charge in [0.2, 0.25) is 0 Å². The van der Waals surface area contributed by atoms with Gasteiger partial charge in [-0.15, -0.1) is 10.2 Å². The molecule has 0 saturated heterocycles. The van der Waals surface area contributed by atoms with Crippen molar-refractivity contribution in [2.45, 2.75) is 45.1 Å². The number of rotatable bonds is 5. The fraction of sp³-hybridized carbons (Fsp3) is 0.727. The molecule has 1 aliphatic carbocycles. The van der Waals surface area contributed by atoms with Gasteiger partial charge in [0.1, 0.15) is 17.6 Å². The highest BCUT2D eigenvalue weighted by molar-refractivity contribution is 5.85. The lowest BCUT2D eigenvalue weighted by Gasteiger charge is -2.14. The van der Waals surface area contributed by atoms with Crippen LogP contribution >= 0.6 is 0 Å². The van der Waals surface area contributed by atoms with Crippen molar-refractivity contribution >= 4 is 5.97 Å². The lowest BCUT2D eigenvalue weighted by atomic mass is 10.1. The molecule has 1 fully saturated rings. The van der Waals surface area contributed by atoms with E-state index in [-0.39, 0.29) is 5.97 Å². The lowest BCUT2D eigenvalue weighted by molar-refractivity contribution is -0.146. The van der Waals surface area contributed by atoms with Crippen molar-refractivity contribution < 1.29 is 9.53 Å². The molecule has 88 valence electrons. The summed E-state index contributed by atoms with van der Waals surface area (Å²) >= 11 is 0. The van der Waals surface area contributed by atoms with Gasteiger partial charge in [-0.1, -0.05) is 6.92 Å². The Balaban J connectivity index is 2.22. The van der Waals surface area contributed by atoms with Crippen molar-refractivity contribution in [3.05, 3.63) is 12.2 Å². The summed E-state index contributed by atoms with van der Waals surface area (Å²) < 4.78 is 7.07. The summed E-state index contributed by atoms with van der Waals surface area (Å²) in [6.45, 7) is 5.18. The minimum atomic E-state index is -0.498. The van der Waals surface area contributed by atoms with E-state index in [1.54, 1.807) is 6.33 Å². The van der Waals surface area contributed by atoms with E-state index in [9.17, 15) is 4.79 Å². The zero-order chi connectivity index (χ0) is 11.6. The van der Waals surface area contributed by atoms with Crippen LogP contribution in [0.4, 0.5) is 0 Å². The molecule has 5 heteroatoms. The molecule has 1 aromatic rings. The number of ether oxygens (including phenoxy) is 1. The minimum absolute atomic E-state index is 0.152. The van der Waals surface area contributed by atoms with Gasteiger partial charge >= 0.3 is 5.97 Å². The second kappa shape index (κ2) is 4.23. The molecule has 1 saturated carbocycles. The molecule has 0 N–H and O–H groups in total. The van der Waals surface area contributed by atoms with Crippen molar-refractivity contribution in [2.75, 3.05) is 6.61 Å². The summed E-state index contributed by atoms with van der Waals surface area (Å²) in [6.07, 6.45) is 4.35. The van der Waals surface area contributed by atoms with Gasteiger partial charge in [0, 0.05) is 6.54 Å². The van der Waals surface area contributed by atoms with Crippen LogP contribution in [0.25, 0.3) is 0 Å². The van der Waals surface area contributed by atoms with Crippen LogP contribution in [0.3, 0.4) is 0 Å². The number of carbonyl (C=O) groups is 1. The Bertz CT molecular complexity index is 382. The van der Waals surface area contributed by atoms with Crippen molar-refractivity contribution in [1.82, 2.24) is 14.8 Å². The highest BCUT2D eigenvalue weighted by atomic mass is 16.5. The predicted octanol–water partition coefficient (Wildman–Crippen LogP) is 1.28. The van der Waals surface area contributed by atoms with E-state index in [1.807, 2.05) is 11.5 Å². The Morgan fingerprint density at radius 3 is 2.88 bits per heavy atom. The van der Waals surface area contributed by atoms with Crippen LogP contribution in [-0.4, -0.2) is 27.3 Å². The first-order valence-corrected chi connectivity index (χ1v) is 5.80. The quantitative estimate of drug-likeness (QED) is 0.706. The molecule has 0 aromatic carbocycles. The molecule has 0 atom stereocenters. The number of hydrogen-bond acceptors (Lipinski definition) is 4. The third-order valence-electron chi connectivity index (χ3n) is 2.92. The highest BCUT2D eigenvalue weighted by Crippen LogP contribution is 2.48. The molecule has 1 aromatic heterocycles. The molecule has 0 radical (unpaired) electrons. The summed E-state index contributed by atoms with van der Waals surface area (Å²) in [4.78, 5) is 11.9. The number of hydrogen-bond donors (Lipinski definition) is 0. The summed E-state index contributed by atoms with van der Waals surface area (Å²) in [7, 11) is 0. The van der Waals surface area contributed by atoms with Crippen molar-refractivity contribution in [2.24, 2.45) is 0 Å². The fourth-order valence-electron chi connectivity index (χ4n) is 1.94. The first kappa shape index (κ1) is 11.1. The average Bonchev–Trinajstić information content (AvgIpc) is 2.95. The van der Waals surface area contributed by atoms with Crippen molar-refractivity contribution in [3.63, 3.8) is 0 Å². The van der Waals surface area contributed by atoms with E-state index >= 15 is 0 Å². The second-order valence-corrected chi connectivity index (χ2v) is 4.15. The molecule has 2 rings (SSSR count). The number of aromatic nitrogens is 3. The molecule has 1 aliphatic rings. The first-order valence-electron chi connectivity index (χ1n) is 5.80.